The molecule has 1 aliphatic rings. The van der Waals surface area contributed by atoms with E-state index in [1.165, 1.54) is 0 Å². The van der Waals surface area contributed by atoms with Crippen LogP contribution in [-0.4, -0.2) is 4.98 Å². The van der Waals surface area contributed by atoms with Crippen LogP contribution in [0.1, 0.15) is 17.0 Å². The van der Waals surface area contributed by atoms with Gasteiger partial charge >= 0.3 is 0 Å². The zero-order chi connectivity index (χ0) is 20.7. The summed E-state index contributed by atoms with van der Waals surface area (Å²) in [4.78, 5) is 3.16. The first-order valence-electron chi connectivity index (χ1n) is 8.38. The van der Waals surface area contributed by atoms with Crippen LogP contribution in [0.5, 0.6) is 0 Å². The maximum Gasteiger partial charge on any atom is 0.205 e. The van der Waals surface area contributed by atoms with E-state index >= 15 is 0 Å². The van der Waals surface area contributed by atoms with Crippen molar-refractivity contribution in [2.75, 3.05) is 0 Å². The maximum absolute atomic E-state index is 10.0. The number of nitrogens with two attached hydrogens (primary N) is 1. The SMILES string of the molecule is N#CC1=C(N)OC(c2c[nH]c3ccc(Br)cc23)=C(C#N)C1c1ccc(Cl)cc1Cl. The third kappa shape index (κ3) is 3.26. The Morgan fingerprint density at radius 1 is 1.07 bits per heavy atom. The predicted octanol–water partition coefficient (Wildman–Crippen LogP) is 5.98. The third-order valence-electron chi connectivity index (χ3n) is 4.70. The normalized spacial score (nSPS) is 16.5. The summed E-state index contributed by atoms with van der Waals surface area (Å²) < 4.78 is 6.66. The van der Waals surface area contributed by atoms with Gasteiger partial charge < -0.3 is 15.5 Å². The van der Waals surface area contributed by atoms with Crippen LogP contribution in [0.25, 0.3) is 16.7 Å². The van der Waals surface area contributed by atoms with Gasteiger partial charge in [-0.15, -0.1) is 0 Å². The number of hydrogen-bond donors (Lipinski definition) is 2. The number of ether oxygens (including phenoxy) is 1. The van der Waals surface area contributed by atoms with E-state index in [4.69, 9.17) is 33.7 Å². The summed E-state index contributed by atoms with van der Waals surface area (Å²) >= 11 is 15.9. The van der Waals surface area contributed by atoms with Gasteiger partial charge in [-0.05, 0) is 35.9 Å². The molecule has 2 aromatic carbocycles. The molecule has 1 aliphatic heterocycles. The number of rotatable bonds is 2. The summed E-state index contributed by atoms with van der Waals surface area (Å²) in [5.41, 5.74) is 8.52. The number of benzene rings is 2. The first-order chi connectivity index (χ1) is 13.9. The molecular weight excluding hydrogens is 475 g/mol. The Bertz CT molecular complexity index is 1310. The van der Waals surface area contributed by atoms with Crippen molar-refractivity contribution in [3.63, 3.8) is 0 Å². The number of halogens is 3. The summed E-state index contributed by atoms with van der Waals surface area (Å²) in [5.74, 6) is -0.554. The van der Waals surface area contributed by atoms with Gasteiger partial charge in [0.15, 0.2) is 5.76 Å². The Balaban J connectivity index is 2.00. The van der Waals surface area contributed by atoms with E-state index in [2.05, 4.69) is 33.1 Å². The van der Waals surface area contributed by atoms with Crippen LogP contribution >= 0.6 is 39.1 Å². The van der Waals surface area contributed by atoms with Gasteiger partial charge in [0.2, 0.25) is 5.88 Å². The molecule has 3 N–H and O–H groups in total. The van der Waals surface area contributed by atoms with Gasteiger partial charge in [-0.25, -0.2) is 0 Å². The summed E-state index contributed by atoms with van der Waals surface area (Å²) in [7, 11) is 0. The molecule has 3 aromatic rings. The highest BCUT2D eigenvalue weighted by atomic mass is 79.9. The third-order valence-corrected chi connectivity index (χ3v) is 5.76. The molecule has 1 atom stereocenters. The highest BCUT2D eigenvalue weighted by Crippen LogP contribution is 2.45. The fourth-order valence-corrected chi connectivity index (χ4v) is 4.28. The molecule has 2 heterocycles. The fraction of sp³-hybridized carbons (Fsp3) is 0.0476. The molecule has 8 heteroatoms. The van der Waals surface area contributed by atoms with E-state index in [0.29, 0.717) is 21.2 Å². The molecular formula is C21H11BrCl2N4O. The summed E-state index contributed by atoms with van der Waals surface area (Å²) in [6, 6.07) is 14.9. The lowest BCUT2D eigenvalue weighted by Crippen LogP contribution is -2.20. The monoisotopic (exact) mass is 484 g/mol. The van der Waals surface area contributed by atoms with Gasteiger partial charge in [-0.3, -0.25) is 0 Å². The standard InChI is InChI=1S/C21H11BrCl2N4O/c22-10-1-4-18-13(5-10)16(9-28-18)20-14(7-25)19(15(8-26)21(27)29-20)12-3-2-11(23)6-17(12)24/h1-6,9,19,28H,27H2. The summed E-state index contributed by atoms with van der Waals surface area (Å²) in [5, 5.41) is 21.3. The van der Waals surface area contributed by atoms with Crippen molar-refractivity contribution in [2.24, 2.45) is 5.73 Å². The van der Waals surface area contributed by atoms with Crippen LogP contribution in [0, 0.1) is 22.7 Å². The second kappa shape index (κ2) is 7.50. The lowest BCUT2D eigenvalue weighted by molar-refractivity contribution is 0.358. The second-order valence-electron chi connectivity index (χ2n) is 6.34. The number of H-pyrrole nitrogens is 1. The van der Waals surface area contributed by atoms with Crippen molar-refractivity contribution < 1.29 is 4.74 Å². The number of nitrogens with zero attached hydrogens (tertiary/aromatic N) is 2. The van der Waals surface area contributed by atoms with Crippen molar-refractivity contribution in [3.05, 3.63) is 85.3 Å². The first-order valence-corrected chi connectivity index (χ1v) is 9.93. The van der Waals surface area contributed by atoms with E-state index in [0.717, 1.165) is 15.4 Å². The Morgan fingerprint density at radius 3 is 2.52 bits per heavy atom. The molecule has 0 bridgehead atoms. The van der Waals surface area contributed by atoms with Gasteiger partial charge in [0.05, 0.1) is 17.6 Å². The largest absolute Gasteiger partial charge is 0.439 e. The van der Waals surface area contributed by atoms with Crippen molar-refractivity contribution in [3.8, 4) is 12.1 Å². The van der Waals surface area contributed by atoms with Gasteiger partial charge in [0, 0.05) is 37.2 Å². The van der Waals surface area contributed by atoms with Gasteiger partial charge in [0.1, 0.15) is 11.6 Å². The van der Waals surface area contributed by atoms with Crippen LogP contribution < -0.4 is 5.73 Å². The van der Waals surface area contributed by atoms with Crippen LogP contribution in [0.4, 0.5) is 0 Å². The molecule has 0 aliphatic carbocycles. The fourth-order valence-electron chi connectivity index (χ4n) is 3.40. The quantitative estimate of drug-likeness (QED) is 0.466. The molecule has 142 valence electrons. The number of hydrogen-bond acceptors (Lipinski definition) is 4. The topological polar surface area (TPSA) is 98.6 Å². The molecule has 0 fully saturated rings. The number of fused-ring (bicyclic) bond motifs is 1. The van der Waals surface area contributed by atoms with Crippen molar-refractivity contribution in [1.82, 2.24) is 4.98 Å². The highest BCUT2D eigenvalue weighted by molar-refractivity contribution is 9.10. The Labute approximate surface area is 184 Å². The lowest BCUT2D eigenvalue weighted by atomic mass is 9.82. The minimum absolute atomic E-state index is 0.0677. The molecule has 29 heavy (non-hydrogen) atoms. The Kier molecular flexibility index (Phi) is 5.02. The molecule has 0 saturated heterocycles. The number of nitriles is 2. The van der Waals surface area contributed by atoms with Crippen LogP contribution in [0.15, 0.2) is 64.1 Å². The first kappa shape index (κ1) is 19.4. The minimum atomic E-state index is -0.768. The van der Waals surface area contributed by atoms with Crippen LogP contribution in [-0.2, 0) is 4.74 Å². The molecule has 0 saturated carbocycles. The molecule has 0 amide bonds. The molecule has 1 aromatic heterocycles. The maximum atomic E-state index is 10.0. The average Bonchev–Trinajstić information content (AvgIpc) is 3.10. The molecule has 5 nitrogen and oxygen atoms in total. The lowest BCUT2D eigenvalue weighted by Gasteiger charge is -2.26. The van der Waals surface area contributed by atoms with E-state index in [1.54, 1.807) is 24.4 Å². The second-order valence-corrected chi connectivity index (χ2v) is 8.10. The average molecular weight is 486 g/mol. The number of nitrogens with one attached hydrogen (secondary N) is 1. The Morgan fingerprint density at radius 2 is 1.83 bits per heavy atom. The number of aromatic nitrogens is 1. The Hall–Kier alpha value is -2.90. The number of allylic oxidation sites excluding steroid dienone is 2. The van der Waals surface area contributed by atoms with Gasteiger partial charge in [-0.1, -0.05) is 45.2 Å². The van der Waals surface area contributed by atoms with Gasteiger partial charge in [0.25, 0.3) is 0 Å². The highest BCUT2D eigenvalue weighted by Gasteiger charge is 2.35. The molecule has 0 spiro atoms. The van der Waals surface area contributed by atoms with E-state index in [9.17, 15) is 10.5 Å². The van der Waals surface area contributed by atoms with Crippen LogP contribution in [0.3, 0.4) is 0 Å². The van der Waals surface area contributed by atoms with E-state index in [1.807, 2.05) is 18.2 Å². The van der Waals surface area contributed by atoms with Crippen molar-refractivity contribution in [2.45, 2.75) is 5.92 Å². The zero-order valence-electron chi connectivity index (χ0n) is 14.6. The van der Waals surface area contributed by atoms with E-state index in [-0.39, 0.29) is 22.8 Å². The smallest absolute Gasteiger partial charge is 0.205 e. The molecule has 1 unspecified atom stereocenters. The zero-order valence-corrected chi connectivity index (χ0v) is 17.7. The van der Waals surface area contributed by atoms with Crippen molar-refractivity contribution in [1.29, 1.82) is 10.5 Å². The van der Waals surface area contributed by atoms with Crippen LogP contribution in [0.2, 0.25) is 10.0 Å². The molecule has 4 rings (SSSR count). The number of aromatic amines is 1. The van der Waals surface area contributed by atoms with E-state index < -0.39 is 5.92 Å². The summed E-state index contributed by atoms with van der Waals surface area (Å²) in [6.45, 7) is 0. The van der Waals surface area contributed by atoms with Crippen molar-refractivity contribution >= 4 is 55.8 Å². The molecule has 0 radical (unpaired) electrons. The minimum Gasteiger partial charge on any atom is -0.439 e. The summed E-state index contributed by atoms with van der Waals surface area (Å²) in [6.07, 6.45) is 1.74. The van der Waals surface area contributed by atoms with Gasteiger partial charge in [-0.2, -0.15) is 10.5 Å². The predicted molar refractivity (Wildman–Crippen MR) is 116 cm³/mol.